The molecule has 1 amide bonds. The van der Waals surface area contributed by atoms with Crippen LogP contribution in [0.25, 0.3) is 11.1 Å². The highest BCUT2D eigenvalue weighted by Gasteiger charge is 2.19. The number of amides is 1. The molecule has 0 unspecified atom stereocenters. The van der Waals surface area contributed by atoms with E-state index in [-0.39, 0.29) is 18.5 Å². The molecule has 1 aliphatic heterocycles. The monoisotopic (exact) mass is 511 g/mol. The Balaban J connectivity index is 1.39. The van der Waals surface area contributed by atoms with Crippen molar-refractivity contribution in [2.45, 2.75) is 31.8 Å². The van der Waals surface area contributed by atoms with Crippen LogP contribution in [-0.4, -0.2) is 47.9 Å². The molecule has 1 fully saturated rings. The second-order valence-electron chi connectivity index (χ2n) is 9.77. The van der Waals surface area contributed by atoms with E-state index in [2.05, 4.69) is 22.3 Å². The van der Waals surface area contributed by atoms with E-state index >= 15 is 0 Å². The smallest absolute Gasteiger partial charge is 0.408 e. The first-order chi connectivity index (χ1) is 18.5. The highest BCUT2D eigenvalue weighted by molar-refractivity contribution is 5.94. The molecule has 0 radical (unpaired) electrons. The first-order valence-corrected chi connectivity index (χ1v) is 13.0. The number of oxazole rings is 1. The number of nitrogens with two attached hydrogens (primary N) is 1. The molecule has 8 nitrogen and oxygen atoms in total. The van der Waals surface area contributed by atoms with Gasteiger partial charge in [0.1, 0.15) is 0 Å². The van der Waals surface area contributed by atoms with Crippen molar-refractivity contribution in [2.75, 3.05) is 26.7 Å². The van der Waals surface area contributed by atoms with E-state index in [4.69, 9.17) is 15.1 Å². The van der Waals surface area contributed by atoms with Crippen LogP contribution in [0.3, 0.4) is 0 Å². The molecule has 4 aromatic rings. The number of benzene rings is 3. The molecule has 1 aliphatic rings. The Labute approximate surface area is 221 Å². The van der Waals surface area contributed by atoms with Crippen LogP contribution in [0.4, 0.5) is 0 Å². The number of nitrogens with zero attached hydrogens (tertiary/aromatic N) is 3. The quantitative estimate of drug-likeness (QED) is 0.263. The van der Waals surface area contributed by atoms with Crippen molar-refractivity contribution in [3.63, 3.8) is 0 Å². The normalized spacial score (nSPS) is 15.1. The lowest BCUT2D eigenvalue weighted by Crippen LogP contribution is -2.27. The van der Waals surface area contributed by atoms with Crippen LogP contribution >= 0.6 is 0 Å². The lowest BCUT2D eigenvalue weighted by atomic mass is 10.1. The third-order valence-electron chi connectivity index (χ3n) is 7.01. The Hall–Kier alpha value is -4.17. The van der Waals surface area contributed by atoms with Crippen molar-refractivity contribution < 1.29 is 9.21 Å². The predicted molar refractivity (Wildman–Crippen MR) is 150 cm³/mol. The zero-order chi connectivity index (χ0) is 26.5. The lowest BCUT2D eigenvalue weighted by molar-refractivity contribution is 0.0963. The third kappa shape index (κ3) is 5.86. The average molecular weight is 512 g/mol. The number of nitrogens with one attached hydrogen (secondary N) is 1. The molecule has 2 heterocycles. The van der Waals surface area contributed by atoms with Crippen molar-refractivity contribution in [2.24, 2.45) is 10.7 Å². The molecule has 1 atom stereocenters. The minimum atomic E-state index is -0.445. The highest BCUT2D eigenvalue weighted by Crippen LogP contribution is 2.22. The molecule has 38 heavy (non-hydrogen) atoms. The summed E-state index contributed by atoms with van der Waals surface area (Å²) in [6.45, 7) is 3.33. The Kier molecular flexibility index (Phi) is 7.70. The molecule has 1 saturated heterocycles. The number of likely N-dealkylation sites (tertiary alicyclic amines) is 1. The molecule has 8 heteroatoms. The Bertz CT molecular complexity index is 1500. The first-order valence-electron chi connectivity index (χ1n) is 13.0. The summed E-state index contributed by atoms with van der Waals surface area (Å²) in [5.41, 5.74) is 11.1. The maximum atomic E-state index is 12.7. The standard InChI is InChI=1S/C30H33N5O3/c1-32-29(36)24-11-7-8-22(16-24)19-35-26-17-21(12-13-27(26)38-30(35)37)18-28(31)33-25(20-34-14-5-6-15-34)23-9-3-2-4-10-23/h2-4,7-13,16-17,25H,5-6,14-15,18-20H2,1H3,(H2,31,33)(H,32,36)/t25-/m1/s1. The van der Waals surface area contributed by atoms with Gasteiger partial charge in [-0.25, -0.2) is 4.79 Å². The maximum Gasteiger partial charge on any atom is 0.420 e. The summed E-state index contributed by atoms with van der Waals surface area (Å²) in [7, 11) is 1.59. The minimum Gasteiger partial charge on any atom is -0.408 e. The number of carbonyl (C=O) groups excluding carboxylic acids is 1. The summed E-state index contributed by atoms with van der Waals surface area (Å²) >= 11 is 0. The lowest BCUT2D eigenvalue weighted by Gasteiger charge is -2.21. The molecule has 1 aromatic heterocycles. The maximum absolute atomic E-state index is 12.7. The summed E-state index contributed by atoms with van der Waals surface area (Å²) in [6, 6.07) is 23.1. The molecule has 0 bridgehead atoms. The second-order valence-corrected chi connectivity index (χ2v) is 9.77. The van der Waals surface area contributed by atoms with Crippen LogP contribution in [0.2, 0.25) is 0 Å². The summed E-state index contributed by atoms with van der Waals surface area (Å²) < 4.78 is 7.07. The van der Waals surface area contributed by atoms with E-state index in [1.165, 1.54) is 12.8 Å². The number of carbonyl (C=O) groups is 1. The van der Waals surface area contributed by atoms with E-state index in [0.29, 0.717) is 28.9 Å². The van der Waals surface area contributed by atoms with Crippen molar-refractivity contribution in [3.05, 3.63) is 106 Å². The number of rotatable bonds is 9. The zero-order valence-electron chi connectivity index (χ0n) is 21.6. The summed E-state index contributed by atoms with van der Waals surface area (Å²) in [4.78, 5) is 32.1. The summed E-state index contributed by atoms with van der Waals surface area (Å²) in [5.74, 6) is -0.0706. The van der Waals surface area contributed by atoms with Crippen LogP contribution in [0.15, 0.2) is 87.0 Å². The number of aromatic nitrogens is 1. The molecule has 5 rings (SSSR count). The number of hydrogen-bond donors (Lipinski definition) is 2. The number of hydrogen-bond acceptors (Lipinski definition) is 5. The van der Waals surface area contributed by atoms with E-state index in [0.717, 1.165) is 36.3 Å². The van der Waals surface area contributed by atoms with E-state index < -0.39 is 5.76 Å². The predicted octanol–water partition coefficient (Wildman–Crippen LogP) is 3.74. The first kappa shape index (κ1) is 25.5. The van der Waals surface area contributed by atoms with Gasteiger partial charge in [0.05, 0.1) is 23.9 Å². The molecule has 196 valence electrons. The zero-order valence-corrected chi connectivity index (χ0v) is 21.6. The topological polar surface area (TPSA) is 106 Å². The largest absolute Gasteiger partial charge is 0.420 e. The van der Waals surface area contributed by atoms with Crippen molar-refractivity contribution >= 4 is 22.8 Å². The Morgan fingerprint density at radius 1 is 1.03 bits per heavy atom. The average Bonchev–Trinajstić information content (AvgIpc) is 3.56. The fourth-order valence-corrected chi connectivity index (χ4v) is 5.07. The van der Waals surface area contributed by atoms with Crippen molar-refractivity contribution in [1.82, 2.24) is 14.8 Å². The minimum absolute atomic E-state index is 0.0299. The van der Waals surface area contributed by atoms with E-state index in [1.807, 2.05) is 36.4 Å². The number of aliphatic imine (C=N–C) groups is 1. The summed E-state index contributed by atoms with van der Waals surface area (Å²) in [6.07, 6.45) is 2.91. The fourth-order valence-electron chi connectivity index (χ4n) is 5.07. The van der Waals surface area contributed by atoms with Crippen LogP contribution in [-0.2, 0) is 13.0 Å². The molecular weight excluding hydrogens is 478 g/mol. The highest BCUT2D eigenvalue weighted by atomic mass is 16.4. The SMILES string of the molecule is CNC(=O)c1cccc(Cn2c(=O)oc3ccc(CC(N)=N[C@H](CN4CCCC4)c4ccccc4)cc32)c1. The third-order valence-corrected chi connectivity index (χ3v) is 7.01. The molecule has 0 spiro atoms. The van der Waals surface area contributed by atoms with Gasteiger partial charge in [-0.15, -0.1) is 0 Å². The van der Waals surface area contributed by atoms with Gasteiger partial charge in [0.25, 0.3) is 5.91 Å². The molecular formula is C30H33N5O3. The van der Waals surface area contributed by atoms with Crippen LogP contribution in [0, 0.1) is 0 Å². The fraction of sp³-hybridized carbons (Fsp3) is 0.300. The van der Waals surface area contributed by atoms with Gasteiger partial charge in [-0.3, -0.25) is 14.4 Å². The van der Waals surface area contributed by atoms with Gasteiger partial charge in [-0.2, -0.15) is 0 Å². The van der Waals surface area contributed by atoms with Crippen molar-refractivity contribution in [3.8, 4) is 0 Å². The van der Waals surface area contributed by atoms with Crippen molar-refractivity contribution in [1.29, 1.82) is 0 Å². The van der Waals surface area contributed by atoms with Gasteiger partial charge in [0.2, 0.25) is 0 Å². The van der Waals surface area contributed by atoms with Gasteiger partial charge in [-0.1, -0.05) is 48.5 Å². The van der Waals surface area contributed by atoms with Gasteiger partial charge >= 0.3 is 5.76 Å². The second kappa shape index (κ2) is 11.5. The summed E-state index contributed by atoms with van der Waals surface area (Å²) in [5, 5.41) is 2.63. The number of amidine groups is 1. The van der Waals surface area contributed by atoms with E-state index in [9.17, 15) is 9.59 Å². The van der Waals surface area contributed by atoms with Gasteiger partial charge in [0.15, 0.2) is 5.58 Å². The van der Waals surface area contributed by atoms with Crippen LogP contribution in [0.5, 0.6) is 0 Å². The van der Waals surface area contributed by atoms with Gasteiger partial charge < -0.3 is 20.4 Å². The van der Waals surface area contributed by atoms with Crippen LogP contribution in [0.1, 0.15) is 45.9 Å². The van der Waals surface area contributed by atoms with Gasteiger partial charge in [0, 0.05) is 25.6 Å². The molecule has 0 saturated carbocycles. The molecule has 3 N–H and O–H groups in total. The molecule has 0 aliphatic carbocycles. The van der Waals surface area contributed by atoms with Crippen LogP contribution < -0.4 is 16.8 Å². The number of fused-ring (bicyclic) bond motifs is 1. The van der Waals surface area contributed by atoms with E-state index in [1.54, 1.807) is 35.9 Å². The Morgan fingerprint density at radius 2 is 1.82 bits per heavy atom. The van der Waals surface area contributed by atoms with Gasteiger partial charge in [-0.05, 0) is 66.9 Å². The molecule has 3 aromatic carbocycles. The Morgan fingerprint density at radius 3 is 2.58 bits per heavy atom.